The van der Waals surface area contributed by atoms with Gasteiger partial charge in [-0.05, 0) is 38.5 Å². The largest absolute Gasteiger partial charge is 0.544 e. The van der Waals surface area contributed by atoms with Gasteiger partial charge in [0.05, 0.1) is 40.3 Å². The average Bonchev–Trinajstić information content (AvgIpc) is 3.11. The Balaban J connectivity index is 4.32. The Morgan fingerprint density at radius 2 is 0.943 bits per heavy atom. The molecule has 0 rings (SSSR count). The van der Waals surface area contributed by atoms with Crippen LogP contribution in [0.25, 0.3) is 0 Å². The Morgan fingerprint density at radius 1 is 0.547 bits per heavy atom. The molecule has 0 aliphatic heterocycles. The van der Waals surface area contributed by atoms with Crippen molar-refractivity contribution in [2.75, 3.05) is 41.0 Å². The molecule has 0 saturated carbocycles. The van der Waals surface area contributed by atoms with Gasteiger partial charge in [0.1, 0.15) is 12.6 Å². The van der Waals surface area contributed by atoms with Crippen LogP contribution in [0.5, 0.6) is 0 Å². The van der Waals surface area contributed by atoms with E-state index in [9.17, 15) is 19.5 Å². The normalized spacial score (nSPS) is 13.0. The Bertz CT molecular complexity index is 885. The number of unbranched alkanes of at least 4 members (excludes halogenated alkanes) is 24. The van der Waals surface area contributed by atoms with Crippen molar-refractivity contribution in [2.24, 2.45) is 0 Å². The van der Waals surface area contributed by atoms with Crippen LogP contribution in [0.3, 0.4) is 0 Å². The number of carboxylic acids is 1. The fraction of sp³-hybridized carbons (Fsp3) is 0.889. The number of carbonyl (C=O) groups excluding carboxylic acids is 3. The van der Waals surface area contributed by atoms with Gasteiger partial charge < -0.3 is 28.6 Å². The van der Waals surface area contributed by atoms with Crippen LogP contribution in [-0.4, -0.2) is 75.5 Å². The van der Waals surface area contributed by atoms with Crippen LogP contribution in [0.4, 0.5) is 0 Å². The van der Waals surface area contributed by atoms with Crippen molar-refractivity contribution in [1.29, 1.82) is 0 Å². The predicted molar refractivity (Wildman–Crippen MR) is 217 cm³/mol. The summed E-state index contributed by atoms with van der Waals surface area (Å²) in [6, 6.07) is -0.722. The molecule has 8 nitrogen and oxygen atoms in total. The van der Waals surface area contributed by atoms with Crippen molar-refractivity contribution < 1.29 is 38.2 Å². The molecule has 0 fully saturated rings. The van der Waals surface area contributed by atoms with E-state index in [-0.39, 0.29) is 42.7 Å². The topological polar surface area (TPSA) is 102 Å². The van der Waals surface area contributed by atoms with E-state index in [0.717, 1.165) is 44.9 Å². The molecule has 0 aliphatic rings. The number of nitrogens with zero attached hydrogens (tertiary/aromatic N) is 1. The molecule has 2 unspecified atom stereocenters. The molecule has 2 atom stereocenters. The van der Waals surface area contributed by atoms with Crippen molar-refractivity contribution >= 4 is 17.9 Å². The van der Waals surface area contributed by atoms with E-state index in [0.29, 0.717) is 12.8 Å². The van der Waals surface area contributed by atoms with Crippen LogP contribution in [0, 0.1) is 0 Å². The number of hydrogen-bond acceptors (Lipinski definition) is 7. The summed E-state index contributed by atoms with van der Waals surface area (Å²) in [4.78, 5) is 36.8. The highest BCUT2D eigenvalue weighted by Gasteiger charge is 2.25. The zero-order valence-corrected chi connectivity index (χ0v) is 35.4. The molecule has 0 N–H and O–H groups in total. The number of likely N-dealkylation sites (N-methyl/N-ethyl adjacent to an activating group) is 1. The molecule has 0 heterocycles. The van der Waals surface area contributed by atoms with Crippen LogP contribution in [0.2, 0.25) is 0 Å². The Kier molecular flexibility index (Phi) is 35.7. The summed E-state index contributed by atoms with van der Waals surface area (Å²) in [7, 11) is 5.41. The lowest BCUT2D eigenvalue weighted by Gasteiger charge is -2.34. The second-order valence-electron chi connectivity index (χ2n) is 16.3. The van der Waals surface area contributed by atoms with Gasteiger partial charge in [0.2, 0.25) is 0 Å². The molecule has 0 bridgehead atoms. The molecule has 0 aromatic heterocycles. The maximum Gasteiger partial charge on any atom is 0.306 e. The Morgan fingerprint density at radius 3 is 1.36 bits per heavy atom. The summed E-state index contributed by atoms with van der Waals surface area (Å²) in [6.45, 7) is 4.67. The van der Waals surface area contributed by atoms with Gasteiger partial charge in [-0.25, -0.2) is 0 Å². The van der Waals surface area contributed by atoms with E-state index in [4.69, 9.17) is 14.2 Å². The van der Waals surface area contributed by atoms with Gasteiger partial charge in [0.15, 0.2) is 6.10 Å². The van der Waals surface area contributed by atoms with E-state index in [1.54, 1.807) is 21.1 Å². The Hall–Kier alpha value is -1.93. The first-order valence-electron chi connectivity index (χ1n) is 22.2. The molecule has 0 aromatic carbocycles. The smallest absolute Gasteiger partial charge is 0.306 e. The molecule has 8 heteroatoms. The van der Waals surface area contributed by atoms with Crippen LogP contribution in [-0.2, 0) is 28.6 Å². The third-order valence-corrected chi connectivity index (χ3v) is 10.2. The van der Waals surface area contributed by atoms with Gasteiger partial charge in [0.25, 0.3) is 0 Å². The molecule has 0 amide bonds. The lowest BCUT2D eigenvalue weighted by atomic mass is 10.0. The molecule has 312 valence electrons. The van der Waals surface area contributed by atoms with Crippen molar-refractivity contribution in [3.8, 4) is 0 Å². The maximum atomic E-state index is 12.7. The highest BCUT2D eigenvalue weighted by Crippen LogP contribution is 2.15. The SMILES string of the molecule is CCCCCCCCC/C=C/CCCCCCCC(=O)OCC(COCCC(C(=O)[O-])[N+](C)(C)C)OC(=O)CCCCCCCCCCCCCCC. The van der Waals surface area contributed by atoms with Crippen molar-refractivity contribution in [2.45, 2.75) is 219 Å². The predicted octanol–water partition coefficient (Wildman–Crippen LogP) is 10.6. The first-order valence-corrected chi connectivity index (χ1v) is 22.2. The number of aliphatic carboxylic acids is 1. The standard InChI is InChI=1S/C45H85NO7/c1-6-8-10-12-14-16-18-20-21-22-24-25-27-29-31-33-35-43(47)52-40-41(39-51-38-37-42(45(49)50)46(3,4)5)53-44(48)36-34-32-30-28-26-23-19-17-15-13-11-9-7-2/h21-22,41-42H,6-20,23-40H2,1-5H3/b22-21+. The number of carboxylic acid groups (broad SMARTS) is 1. The summed E-state index contributed by atoms with van der Waals surface area (Å²) in [5.41, 5.74) is 0. The first-order chi connectivity index (χ1) is 25.6. The first kappa shape index (κ1) is 51.1. The van der Waals surface area contributed by atoms with E-state index >= 15 is 0 Å². The second kappa shape index (κ2) is 37.0. The van der Waals surface area contributed by atoms with Gasteiger partial charge >= 0.3 is 11.9 Å². The van der Waals surface area contributed by atoms with Crippen LogP contribution < -0.4 is 5.11 Å². The zero-order valence-electron chi connectivity index (χ0n) is 35.4. The van der Waals surface area contributed by atoms with Gasteiger partial charge in [-0.15, -0.1) is 0 Å². The molecule has 0 aliphatic carbocycles. The van der Waals surface area contributed by atoms with E-state index in [1.165, 1.54) is 128 Å². The summed E-state index contributed by atoms with van der Waals surface area (Å²) in [5.74, 6) is -1.73. The van der Waals surface area contributed by atoms with Gasteiger partial charge in [0, 0.05) is 19.3 Å². The second-order valence-corrected chi connectivity index (χ2v) is 16.3. The van der Waals surface area contributed by atoms with Crippen LogP contribution >= 0.6 is 0 Å². The zero-order chi connectivity index (χ0) is 39.3. The quantitative estimate of drug-likeness (QED) is 0.0266. The van der Waals surface area contributed by atoms with Gasteiger partial charge in [-0.1, -0.05) is 161 Å². The lowest BCUT2D eigenvalue weighted by molar-refractivity contribution is -0.889. The third kappa shape index (κ3) is 35.5. The summed E-state index contributed by atoms with van der Waals surface area (Å²) in [6.07, 6.45) is 38.0. The lowest BCUT2D eigenvalue weighted by Crippen LogP contribution is -2.55. The minimum absolute atomic E-state index is 0.0437. The van der Waals surface area contributed by atoms with Gasteiger partial charge in [-0.2, -0.15) is 0 Å². The van der Waals surface area contributed by atoms with Crippen molar-refractivity contribution in [3.63, 3.8) is 0 Å². The van der Waals surface area contributed by atoms with Crippen molar-refractivity contribution in [3.05, 3.63) is 12.2 Å². The number of hydrogen-bond donors (Lipinski definition) is 0. The molecule has 0 spiro atoms. The number of carbonyl (C=O) groups is 3. The molecule has 0 aromatic rings. The Labute approximate surface area is 327 Å². The van der Waals surface area contributed by atoms with Gasteiger partial charge in [-0.3, -0.25) is 9.59 Å². The average molecular weight is 752 g/mol. The fourth-order valence-corrected chi connectivity index (χ4v) is 6.65. The molecule has 53 heavy (non-hydrogen) atoms. The minimum Gasteiger partial charge on any atom is -0.544 e. The van der Waals surface area contributed by atoms with Crippen LogP contribution in [0.15, 0.2) is 12.2 Å². The third-order valence-electron chi connectivity index (χ3n) is 10.2. The van der Waals surface area contributed by atoms with E-state index in [1.807, 2.05) is 0 Å². The summed E-state index contributed by atoms with van der Waals surface area (Å²) in [5, 5.41) is 11.6. The number of quaternary nitrogens is 1. The molecular formula is C45H85NO7. The maximum absolute atomic E-state index is 12.7. The highest BCUT2D eigenvalue weighted by atomic mass is 16.6. The van der Waals surface area contributed by atoms with E-state index < -0.39 is 18.1 Å². The monoisotopic (exact) mass is 752 g/mol. The molecular weight excluding hydrogens is 666 g/mol. The number of ether oxygens (including phenoxy) is 3. The fourth-order valence-electron chi connectivity index (χ4n) is 6.65. The minimum atomic E-state index is -1.12. The van der Waals surface area contributed by atoms with Crippen molar-refractivity contribution in [1.82, 2.24) is 0 Å². The summed E-state index contributed by atoms with van der Waals surface area (Å²) >= 11 is 0. The summed E-state index contributed by atoms with van der Waals surface area (Å²) < 4.78 is 17.2. The van der Waals surface area contributed by atoms with E-state index in [2.05, 4.69) is 26.0 Å². The number of allylic oxidation sites excluding steroid dienone is 2. The number of esters is 2. The molecule has 0 radical (unpaired) electrons. The molecule has 0 saturated heterocycles. The highest BCUT2D eigenvalue weighted by molar-refractivity contribution is 5.70. The number of rotatable bonds is 40. The van der Waals surface area contributed by atoms with Crippen LogP contribution in [0.1, 0.15) is 206 Å².